The van der Waals surface area contributed by atoms with Crippen molar-refractivity contribution in [1.82, 2.24) is 5.32 Å². The third-order valence-electron chi connectivity index (χ3n) is 3.98. The highest BCUT2D eigenvalue weighted by atomic mass is 16.1. The van der Waals surface area contributed by atoms with Crippen molar-refractivity contribution in [3.8, 4) is 11.1 Å². The molecule has 2 aromatic carbocycles. The van der Waals surface area contributed by atoms with Gasteiger partial charge in [-0.15, -0.1) is 0 Å². The van der Waals surface area contributed by atoms with Crippen LogP contribution in [0.4, 0.5) is 0 Å². The predicted molar refractivity (Wildman–Crippen MR) is 76.7 cm³/mol. The van der Waals surface area contributed by atoms with Crippen molar-refractivity contribution in [3.05, 3.63) is 59.7 Å². The van der Waals surface area contributed by atoms with E-state index in [0.29, 0.717) is 0 Å². The van der Waals surface area contributed by atoms with Gasteiger partial charge in [0.1, 0.15) is 0 Å². The monoisotopic (exact) mass is 251 g/mol. The van der Waals surface area contributed by atoms with Crippen molar-refractivity contribution >= 4 is 6.41 Å². The summed E-state index contributed by atoms with van der Waals surface area (Å²) in [4.78, 5) is 10.7. The third-order valence-corrected chi connectivity index (χ3v) is 3.98. The molecule has 1 N–H and O–H groups in total. The standard InChI is InChI=1S/C17H17NO/c1-13-4-2-3-5-16(13)14-6-8-15(9-7-14)17(10-11-17)18-12-19/h2-9,12H,10-11H2,1H3,(H,18,19). The van der Waals surface area contributed by atoms with E-state index in [-0.39, 0.29) is 5.54 Å². The van der Waals surface area contributed by atoms with Crippen LogP contribution in [-0.4, -0.2) is 6.41 Å². The molecule has 0 aromatic heterocycles. The van der Waals surface area contributed by atoms with Crippen molar-refractivity contribution in [1.29, 1.82) is 0 Å². The Morgan fingerprint density at radius 1 is 1.05 bits per heavy atom. The zero-order valence-corrected chi connectivity index (χ0v) is 11.0. The van der Waals surface area contributed by atoms with Gasteiger partial charge >= 0.3 is 0 Å². The topological polar surface area (TPSA) is 29.1 Å². The Bertz CT molecular complexity index is 597. The molecular formula is C17H17NO. The Balaban J connectivity index is 1.92. The first-order valence-electron chi connectivity index (χ1n) is 6.63. The lowest BCUT2D eigenvalue weighted by Crippen LogP contribution is -2.27. The maximum Gasteiger partial charge on any atom is 0.207 e. The van der Waals surface area contributed by atoms with Crippen LogP contribution in [0.15, 0.2) is 48.5 Å². The van der Waals surface area contributed by atoms with Gasteiger partial charge in [0.25, 0.3) is 0 Å². The average molecular weight is 251 g/mol. The van der Waals surface area contributed by atoms with Gasteiger partial charge in [0.2, 0.25) is 6.41 Å². The molecular weight excluding hydrogens is 234 g/mol. The van der Waals surface area contributed by atoms with Gasteiger partial charge in [-0.1, -0.05) is 48.5 Å². The van der Waals surface area contributed by atoms with E-state index >= 15 is 0 Å². The molecule has 2 nitrogen and oxygen atoms in total. The molecule has 0 unspecified atom stereocenters. The number of amides is 1. The normalized spacial score (nSPS) is 15.8. The fraction of sp³-hybridized carbons (Fsp3) is 0.235. The van der Waals surface area contributed by atoms with E-state index in [2.05, 4.69) is 60.8 Å². The Hall–Kier alpha value is -2.09. The summed E-state index contributed by atoms with van der Waals surface area (Å²) in [7, 11) is 0. The van der Waals surface area contributed by atoms with Gasteiger partial charge in [0.05, 0.1) is 5.54 Å². The van der Waals surface area contributed by atoms with Crippen molar-refractivity contribution in [3.63, 3.8) is 0 Å². The predicted octanol–water partition coefficient (Wildman–Crippen LogP) is 3.40. The molecule has 0 spiro atoms. The Morgan fingerprint density at radius 2 is 1.74 bits per heavy atom. The number of nitrogens with one attached hydrogen (secondary N) is 1. The molecule has 96 valence electrons. The second-order valence-electron chi connectivity index (χ2n) is 5.24. The summed E-state index contributed by atoms with van der Waals surface area (Å²) in [5.74, 6) is 0. The van der Waals surface area contributed by atoms with Crippen LogP contribution in [-0.2, 0) is 10.3 Å². The molecule has 1 aliphatic rings. The molecule has 0 heterocycles. The Labute approximate surface area is 113 Å². The van der Waals surface area contributed by atoms with Gasteiger partial charge in [-0.05, 0) is 42.0 Å². The van der Waals surface area contributed by atoms with Crippen LogP contribution in [0.2, 0.25) is 0 Å². The summed E-state index contributed by atoms with van der Waals surface area (Å²) in [6.45, 7) is 2.12. The zero-order chi connectivity index (χ0) is 13.3. The van der Waals surface area contributed by atoms with Crippen LogP contribution >= 0.6 is 0 Å². The van der Waals surface area contributed by atoms with Gasteiger partial charge in [0, 0.05) is 0 Å². The summed E-state index contributed by atoms with van der Waals surface area (Å²) in [6, 6.07) is 16.9. The van der Waals surface area contributed by atoms with E-state index in [1.165, 1.54) is 22.3 Å². The lowest BCUT2D eigenvalue weighted by molar-refractivity contribution is -0.110. The van der Waals surface area contributed by atoms with Crippen molar-refractivity contribution in [2.45, 2.75) is 25.3 Å². The molecule has 1 amide bonds. The summed E-state index contributed by atoms with van der Waals surface area (Å²) in [6.07, 6.45) is 2.88. The van der Waals surface area contributed by atoms with Crippen molar-refractivity contribution in [2.24, 2.45) is 0 Å². The van der Waals surface area contributed by atoms with E-state index in [1.807, 2.05) is 0 Å². The highest BCUT2D eigenvalue weighted by Crippen LogP contribution is 2.45. The SMILES string of the molecule is Cc1ccccc1-c1ccc(C2(NC=O)CC2)cc1. The summed E-state index contributed by atoms with van der Waals surface area (Å²) in [5.41, 5.74) is 4.89. The highest BCUT2D eigenvalue weighted by Gasteiger charge is 2.43. The number of carbonyl (C=O) groups excluding carboxylic acids is 1. The van der Waals surface area contributed by atoms with Gasteiger partial charge in [0.15, 0.2) is 0 Å². The first-order valence-corrected chi connectivity index (χ1v) is 6.63. The smallest absolute Gasteiger partial charge is 0.207 e. The van der Waals surface area contributed by atoms with Crippen LogP contribution in [0.1, 0.15) is 24.0 Å². The maximum absolute atomic E-state index is 10.7. The Kier molecular flexibility index (Phi) is 2.86. The van der Waals surface area contributed by atoms with Crippen LogP contribution < -0.4 is 5.32 Å². The number of rotatable bonds is 4. The fourth-order valence-corrected chi connectivity index (χ4v) is 2.62. The first-order chi connectivity index (χ1) is 9.25. The molecule has 0 atom stereocenters. The summed E-state index contributed by atoms with van der Waals surface area (Å²) in [5, 5.41) is 2.94. The molecule has 0 radical (unpaired) electrons. The number of hydrogen-bond acceptors (Lipinski definition) is 1. The molecule has 1 fully saturated rings. The number of carbonyl (C=O) groups is 1. The largest absolute Gasteiger partial charge is 0.349 e. The molecule has 2 heteroatoms. The second-order valence-corrected chi connectivity index (χ2v) is 5.24. The van der Waals surface area contributed by atoms with Gasteiger partial charge in [-0.2, -0.15) is 0 Å². The van der Waals surface area contributed by atoms with E-state index in [1.54, 1.807) is 0 Å². The lowest BCUT2D eigenvalue weighted by Gasteiger charge is -2.15. The van der Waals surface area contributed by atoms with E-state index in [4.69, 9.17) is 0 Å². The van der Waals surface area contributed by atoms with E-state index in [9.17, 15) is 4.79 Å². The number of benzene rings is 2. The summed E-state index contributed by atoms with van der Waals surface area (Å²) < 4.78 is 0. The Morgan fingerprint density at radius 3 is 2.32 bits per heavy atom. The first kappa shape index (κ1) is 12.0. The molecule has 3 rings (SSSR count). The van der Waals surface area contributed by atoms with Crippen LogP contribution in [0.5, 0.6) is 0 Å². The van der Waals surface area contributed by atoms with Crippen LogP contribution in [0.3, 0.4) is 0 Å². The van der Waals surface area contributed by atoms with Crippen molar-refractivity contribution < 1.29 is 4.79 Å². The fourth-order valence-electron chi connectivity index (χ4n) is 2.62. The summed E-state index contributed by atoms with van der Waals surface area (Å²) >= 11 is 0. The van der Waals surface area contributed by atoms with Gasteiger partial charge in [-0.3, -0.25) is 4.79 Å². The van der Waals surface area contributed by atoms with Gasteiger partial charge in [-0.25, -0.2) is 0 Å². The quantitative estimate of drug-likeness (QED) is 0.829. The van der Waals surface area contributed by atoms with Crippen LogP contribution in [0.25, 0.3) is 11.1 Å². The molecule has 0 aliphatic heterocycles. The minimum Gasteiger partial charge on any atom is -0.349 e. The highest BCUT2D eigenvalue weighted by molar-refractivity contribution is 5.67. The number of aryl methyl sites for hydroxylation is 1. The lowest BCUT2D eigenvalue weighted by atomic mass is 9.97. The molecule has 2 aromatic rings. The van der Waals surface area contributed by atoms with Crippen molar-refractivity contribution in [2.75, 3.05) is 0 Å². The average Bonchev–Trinajstić information content (AvgIpc) is 3.21. The molecule has 1 saturated carbocycles. The maximum atomic E-state index is 10.7. The number of hydrogen-bond donors (Lipinski definition) is 1. The molecule has 0 saturated heterocycles. The minimum atomic E-state index is -0.0913. The zero-order valence-electron chi connectivity index (χ0n) is 11.0. The van der Waals surface area contributed by atoms with Crippen LogP contribution in [0, 0.1) is 6.92 Å². The third kappa shape index (κ3) is 2.14. The molecule has 0 bridgehead atoms. The minimum absolute atomic E-state index is 0.0913. The van der Waals surface area contributed by atoms with E-state index < -0.39 is 0 Å². The molecule has 1 aliphatic carbocycles. The van der Waals surface area contributed by atoms with Gasteiger partial charge < -0.3 is 5.32 Å². The van der Waals surface area contributed by atoms with E-state index in [0.717, 1.165) is 19.3 Å². The second kappa shape index (κ2) is 4.54. The molecule has 19 heavy (non-hydrogen) atoms.